The third-order valence-corrected chi connectivity index (χ3v) is 3.99. The fraction of sp³-hybridized carbons (Fsp3) is 0.438. The summed E-state index contributed by atoms with van der Waals surface area (Å²) in [6.45, 7) is 8.12. The van der Waals surface area contributed by atoms with Crippen LogP contribution in [0, 0.1) is 6.92 Å². The number of thioether (sulfide) groups is 1. The molecule has 0 aliphatic carbocycles. The van der Waals surface area contributed by atoms with Gasteiger partial charge in [-0.15, -0.1) is 11.8 Å². The van der Waals surface area contributed by atoms with Crippen molar-refractivity contribution in [3.05, 3.63) is 41.9 Å². The third kappa shape index (κ3) is 4.59. The summed E-state index contributed by atoms with van der Waals surface area (Å²) >= 11 is 1.58. The zero-order chi connectivity index (χ0) is 16.2. The van der Waals surface area contributed by atoms with Gasteiger partial charge in [0.05, 0.1) is 17.0 Å². The Morgan fingerprint density at radius 3 is 2.64 bits per heavy atom. The summed E-state index contributed by atoms with van der Waals surface area (Å²) in [5.41, 5.74) is 1.90. The topological polar surface area (TPSA) is 59.8 Å². The van der Waals surface area contributed by atoms with Crippen molar-refractivity contribution in [3.63, 3.8) is 0 Å². The van der Waals surface area contributed by atoms with Crippen LogP contribution >= 0.6 is 11.8 Å². The van der Waals surface area contributed by atoms with E-state index in [0.717, 1.165) is 17.3 Å². The van der Waals surface area contributed by atoms with E-state index in [2.05, 4.69) is 36.2 Å². The fourth-order valence-corrected chi connectivity index (χ4v) is 2.81. The lowest BCUT2D eigenvalue weighted by atomic mass is 10.1. The van der Waals surface area contributed by atoms with Crippen LogP contribution in [0.3, 0.4) is 0 Å². The Morgan fingerprint density at radius 1 is 1.32 bits per heavy atom. The number of amides is 1. The SMILES string of the molecule is Cc1cc(NC(=O)CSCc2ccncc2)n(C(C)(C)C)n1. The summed E-state index contributed by atoms with van der Waals surface area (Å²) < 4.78 is 1.85. The van der Waals surface area contributed by atoms with Gasteiger partial charge in [0.2, 0.25) is 5.91 Å². The average Bonchev–Trinajstić information content (AvgIpc) is 2.81. The van der Waals surface area contributed by atoms with E-state index in [9.17, 15) is 4.79 Å². The molecule has 0 fully saturated rings. The van der Waals surface area contributed by atoms with Crippen LogP contribution in [0.25, 0.3) is 0 Å². The van der Waals surface area contributed by atoms with Gasteiger partial charge in [0.1, 0.15) is 5.82 Å². The first-order valence-electron chi connectivity index (χ1n) is 7.20. The first-order valence-corrected chi connectivity index (χ1v) is 8.35. The van der Waals surface area contributed by atoms with Gasteiger partial charge < -0.3 is 5.32 Å². The molecular formula is C16H22N4OS. The molecule has 22 heavy (non-hydrogen) atoms. The number of hydrogen-bond donors (Lipinski definition) is 1. The second-order valence-electron chi connectivity index (χ2n) is 6.15. The van der Waals surface area contributed by atoms with Crippen LogP contribution in [-0.4, -0.2) is 26.4 Å². The molecule has 0 spiro atoms. The van der Waals surface area contributed by atoms with Crippen molar-refractivity contribution >= 4 is 23.5 Å². The van der Waals surface area contributed by atoms with Crippen molar-refractivity contribution in [3.8, 4) is 0 Å². The molecule has 1 N–H and O–H groups in total. The molecule has 0 bridgehead atoms. The zero-order valence-electron chi connectivity index (χ0n) is 13.5. The number of anilines is 1. The van der Waals surface area contributed by atoms with Crippen molar-refractivity contribution in [1.29, 1.82) is 0 Å². The zero-order valence-corrected chi connectivity index (χ0v) is 14.3. The third-order valence-electron chi connectivity index (χ3n) is 2.99. The molecule has 1 amide bonds. The maximum absolute atomic E-state index is 12.1. The highest BCUT2D eigenvalue weighted by atomic mass is 32.2. The number of nitrogens with zero attached hydrogens (tertiary/aromatic N) is 3. The summed E-state index contributed by atoms with van der Waals surface area (Å²) in [7, 11) is 0. The van der Waals surface area contributed by atoms with Gasteiger partial charge in [0, 0.05) is 24.2 Å². The van der Waals surface area contributed by atoms with Crippen LogP contribution in [0.4, 0.5) is 5.82 Å². The molecule has 0 aliphatic rings. The molecule has 2 aromatic heterocycles. The molecule has 0 radical (unpaired) electrons. The molecule has 0 saturated carbocycles. The lowest BCUT2D eigenvalue weighted by molar-refractivity contribution is -0.113. The Bertz CT molecular complexity index is 631. The summed E-state index contributed by atoms with van der Waals surface area (Å²) in [6, 6.07) is 5.82. The van der Waals surface area contributed by atoms with Crippen LogP contribution in [-0.2, 0) is 16.1 Å². The number of carbonyl (C=O) groups is 1. The molecule has 0 atom stereocenters. The molecular weight excluding hydrogens is 296 g/mol. The largest absolute Gasteiger partial charge is 0.310 e. The number of aryl methyl sites for hydroxylation is 1. The molecule has 118 valence electrons. The molecule has 0 unspecified atom stereocenters. The Morgan fingerprint density at radius 2 is 2.00 bits per heavy atom. The van der Waals surface area contributed by atoms with Gasteiger partial charge in [0.25, 0.3) is 0 Å². The summed E-state index contributed by atoms with van der Waals surface area (Å²) in [5, 5.41) is 7.40. The first-order chi connectivity index (χ1) is 10.4. The highest BCUT2D eigenvalue weighted by Crippen LogP contribution is 2.21. The first kappa shape index (κ1) is 16.5. The maximum atomic E-state index is 12.1. The van der Waals surface area contributed by atoms with Gasteiger partial charge in [-0.2, -0.15) is 5.10 Å². The minimum absolute atomic E-state index is 0.00976. The van der Waals surface area contributed by atoms with Gasteiger partial charge in [-0.05, 0) is 45.4 Å². The van der Waals surface area contributed by atoms with Crippen molar-refractivity contribution < 1.29 is 4.79 Å². The van der Waals surface area contributed by atoms with E-state index in [4.69, 9.17) is 0 Å². The molecule has 0 aromatic carbocycles. The molecule has 0 aliphatic heterocycles. The second kappa shape index (κ2) is 6.96. The minimum Gasteiger partial charge on any atom is -0.310 e. The van der Waals surface area contributed by atoms with Gasteiger partial charge >= 0.3 is 0 Å². The van der Waals surface area contributed by atoms with Crippen LogP contribution in [0.5, 0.6) is 0 Å². The monoisotopic (exact) mass is 318 g/mol. The number of hydrogen-bond acceptors (Lipinski definition) is 4. The van der Waals surface area contributed by atoms with Crippen molar-refractivity contribution in [2.45, 2.75) is 39.0 Å². The summed E-state index contributed by atoms with van der Waals surface area (Å²) in [6.07, 6.45) is 3.53. The standard InChI is InChI=1S/C16H22N4OS/c1-12-9-14(20(19-12)16(2,3)4)18-15(21)11-22-10-13-5-7-17-8-6-13/h5-9H,10-11H2,1-4H3,(H,18,21). The second-order valence-corrected chi connectivity index (χ2v) is 7.14. The highest BCUT2D eigenvalue weighted by Gasteiger charge is 2.19. The predicted molar refractivity (Wildman–Crippen MR) is 91.0 cm³/mol. The lowest BCUT2D eigenvalue weighted by Crippen LogP contribution is -2.27. The van der Waals surface area contributed by atoms with Gasteiger partial charge in [-0.1, -0.05) is 0 Å². The smallest absolute Gasteiger partial charge is 0.235 e. The quantitative estimate of drug-likeness (QED) is 0.919. The summed E-state index contributed by atoms with van der Waals surface area (Å²) in [4.78, 5) is 16.1. The van der Waals surface area contributed by atoms with Crippen LogP contribution in [0.15, 0.2) is 30.6 Å². The Kier molecular flexibility index (Phi) is 5.24. The number of aromatic nitrogens is 3. The fourth-order valence-electron chi connectivity index (χ4n) is 2.02. The molecule has 5 nitrogen and oxygen atoms in total. The van der Waals surface area contributed by atoms with E-state index in [1.165, 1.54) is 5.56 Å². The van der Waals surface area contributed by atoms with E-state index in [1.807, 2.05) is 29.8 Å². The average molecular weight is 318 g/mol. The van der Waals surface area contributed by atoms with E-state index in [1.54, 1.807) is 24.2 Å². The normalized spacial score (nSPS) is 11.5. The van der Waals surface area contributed by atoms with Crippen molar-refractivity contribution in [2.75, 3.05) is 11.1 Å². The number of pyridine rings is 1. The Hall–Kier alpha value is -1.82. The predicted octanol–water partition coefficient (Wildman–Crippen LogP) is 3.21. The highest BCUT2D eigenvalue weighted by molar-refractivity contribution is 7.99. The van der Waals surface area contributed by atoms with Crippen molar-refractivity contribution in [2.24, 2.45) is 0 Å². The lowest BCUT2D eigenvalue weighted by Gasteiger charge is -2.22. The van der Waals surface area contributed by atoms with Crippen LogP contribution < -0.4 is 5.32 Å². The van der Waals surface area contributed by atoms with E-state index < -0.39 is 0 Å². The van der Waals surface area contributed by atoms with E-state index in [-0.39, 0.29) is 11.4 Å². The van der Waals surface area contributed by atoms with E-state index in [0.29, 0.717) is 5.75 Å². The molecule has 2 heterocycles. The summed E-state index contributed by atoms with van der Waals surface area (Å²) in [5.74, 6) is 1.95. The maximum Gasteiger partial charge on any atom is 0.235 e. The molecule has 6 heteroatoms. The Labute approximate surface area is 135 Å². The van der Waals surface area contributed by atoms with Gasteiger partial charge in [-0.3, -0.25) is 9.78 Å². The molecule has 0 saturated heterocycles. The van der Waals surface area contributed by atoms with Gasteiger partial charge in [0.15, 0.2) is 0 Å². The van der Waals surface area contributed by atoms with E-state index >= 15 is 0 Å². The molecule has 2 rings (SSSR count). The van der Waals surface area contributed by atoms with Crippen LogP contribution in [0.1, 0.15) is 32.0 Å². The number of rotatable bonds is 5. The van der Waals surface area contributed by atoms with Gasteiger partial charge in [-0.25, -0.2) is 4.68 Å². The molecule has 2 aromatic rings. The Balaban J connectivity index is 1.90. The number of nitrogens with one attached hydrogen (secondary N) is 1. The number of carbonyl (C=O) groups excluding carboxylic acids is 1. The van der Waals surface area contributed by atoms with Crippen LogP contribution in [0.2, 0.25) is 0 Å². The minimum atomic E-state index is -0.166. The van der Waals surface area contributed by atoms with Crippen molar-refractivity contribution in [1.82, 2.24) is 14.8 Å².